The molecule has 0 aromatic heterocycles. The molecule has 6 nitrogen and oxygen atoms in total. The number of carbonyl (C=O) groups excluding carboxylic acids is 2. The van der Waals surface area contributed by atoms with E-state index in [2.05, 4.69) is 15.5 Å². The Morgan fingerprint density at radius 3 is 2.81 bits per heavy atom. The number of halogens is 3. The predicted octanol–water partition coefficient (Wildman–Crippen LogP) is 5.70. The first-order chi connectivity index (χ1) is 17.9. The van der Waals surface area contributed by atoms with E-state index in [0.29, 0.717) is 49.2 Å². The minimum absolute atomic E-state index is 0.0884. The van der Waals surface area contributed by atoms with E-state index in [1.807, 2.05) is 24.6 Å². The standard InChI is InChI=1S/C27H24ClF2N3O3S/c28-22-12-17(32-26(35)20-5-1-2-7-23(20)37-27(29)30)8-9-19(22)25(34)21-6-3-4-16-13-31-14-18-15-36-11-10-33(18)24(16)21/h1-5,7-9,12-14,21,24,27,31H,6,10-11,15H2,(H,32,35). The lowest BCUT2D eigenvalue weighted by Gasteiger charge is -2.42. The minimum atomic E-state index is -2.65. The van der Waals surface area contributed by atoms with Crippen molar-refractivity contribution in [3.8, 4) is 0 Å². The largest absolute Gasteiger partial charge is 0.373 e. The number of morpholine rings is 1. The number of thioether (sulfide) groups is 1. The van der Waals surface area contributed by atoms with Crippen LogP contribution in [-0.2, 0) is 4.74 Å². The highest BCUT2D eigenvalue weighted by molar-refractivity contribution is 7.99. The van der Waals surface area contributed by atoms with Crippen molar-refractivity contribution in [3.05, 3.63) is 94.4 Å². The number of allylic oxidation sites excluding steroid dienone is 1. The molecule has 10 heteroatoms. The van der Waals surface area contributed by atoms with Crippen molar-refractivity contribution in [2.24, 2.45) is 5.92 Å². The number of benzene rings is 2. The Labute approximate surface area is 222 Å². The van der Waals surface area contributed by atoms with Gasteiger partial charge in [0.15, 0.2) is 5.78 Å². The molecule has 0 saturated carbocycles. The molecule has 1 fully saturated rings. The summed E-state index contributed by atoms with van der Waals surface area (Å²) in [5.41, 5.74) is 2.87. The van der Waals surface area contributed by atoms with Crippen molar-refractivity contribution in [3.63, 3.8) is 0 Å². The number of nitrogens with zero attached hydrogens (tertiary/aromatic N) is 1. The number of fused-ring (bicyclic) bond motifs is 3. The fourth-order valence-corrected chi connectivity index (χ4v) is 5.79. The molecule has 5 rings (SSSR count). The topological polar surface area (TPSA) is 70.7 Å². The molecule has 2 N–H and O–H groups in total. The number of ether oxygens (including phenoxy) is 1. The van der Waals surface area contributed by atoms with Crippen molar-refractivity contribution >= 4 is 40.7 Å². The molecule has 1 saturated heterocycles. The van der Waals surface area contributed by atoms with E-state index in [1.54, 1.807) is 24.3 Å². The lowest BCUT2D eigenvalue weighted by atomic mass is 9.79. The molecule has 37 heavy (non-hydrogen) atoms. The summed E-state index contributed by atoms with van der Waals surface area (Å²) in [6, 6.07) is 10.7. The van der Waals surface area contributed by atoms with Gasteiger partial charge in [-0.3, -0.25) is 9.59 Å². The molecule has 0 radical (unpaired) electrons. The third kappa shape index (κ3) is 5.44. The van der Waals surface area contributed by atoms with Crippen molar-refractivity contribution in [1.82, 2.24) is 10.2 Å². The average molecular weight is 544 g/mol. The van der Waals surface area contributed by atoms with Crippen LogP contribution in [0.15, 0.2) is 83.2 Å². The van der Waals surface area contributed by atoms with Crippen molar-refractivity contribution in [2.45, 2.75) is 23.1 Å². The zero-order valence-electron chi connectivity index (χ0n) is 19.6. The maximum atomic E-state index is 13.8. The van der Waals surface area contributed by atoms with Gasteiger partial charge in [-0.15, -0.1) is 0 Å². The van der Waals surface area contributed by atoms with Crippen molar-refractivity contribution < 1.29 is 23.1 Å². The Morgan fingerprint density at radius 2 is 2.00 bits per heavy atom. The van der Waals surface area contributed by atoms with Gasteiger partial charge in [0.1, 0.15) is 0 Å². The van der Waals surface area contributed by atoms with Gasteiger partial charge in [0.2, 0.25) is 0 Å². The van der Waals surface area contributed by atoms with Gasteiger partial charge in [-0.2, -0.15) is 8.78 Å². The summed E-state index contributed by atoms with van der Waals surface area (Å²) in [5.74, 6) is -3.63. The Morgan fingerprint density at radius 1 is 1.16 bits per heavy atom. The predicted molar refractivity (Wildman–Crippen MR) is 140 cm³/mol. The van der Waals surface area contributed by atoms with Crippen molar-refractivity contribution in [1.29, 1.82) is 0 Å². The summed E-state index contributed by atoms with van der Waals surface area (Å²) >= 11 is 6.86. The molecule has 3 aliphatic rings. The van der Waals surface area contributed by atoms with Crippen LogP contribution in [0.1, 0.15) is 27.1 Å². The third-order valence-corrected chi connectivity index (χ3v) is 7.63. The number of carbonyl (C=O) groups is 2. The second kappa shape index (κ2) is 11.1. The first kappa shape index (κ1) is 25.5. The summed E-state index contributed by atoms with van der Waals surface area (Å²) in [4.78, 5) is 29.0. The van der Waals surface area contributed by atoms with E-state index in [4.69, 9.17) is 16.3 Å². The first-order valence-corrected chi connectivity index (χ1v) is 13.0. The van der Waals surface area contributed by atoms with Gasteiger partial charge in [0.25, 0.3) is 11.7 Å². The highest BCUT2D eigenvalue weighted by atomic mass is 35.5. The molecule has 2 heterocycles. The molecular formula is C27H24ClF2N3O3S. The number of hydrogen-bond acceptors (Lipinski definition) is 6. The smallest absolute Gasteiger partial charge is 0.288 e. The number of Topliss-reactive ketones (excluding diaryl/α,β-unsaturated/α-hetero) is 1. The SMILES string of the molecule is O=C(Nc1ccc(C(=O)C2CC=CC3=CNC=C4COCCN4C32)c(Cl)c1)c1ccccc1SC(F)F. The first-order valence-electron chi connectivity index (χ1n) is 11.8. The normalized spacial score (nSPS) is 20.7. The van der Waals surface area contributed by atoms with Crippen molar-refractivity contribution in [2.75, 3.05) is 25.1 Å². The van der Waals surface area contributed by atoms with Gasteiger partial charge >= 0.3 is 0 Å². The van der Waals surface area contributed by atoms with Gasteiger partial charge in [-0.1, -0.05) is 47.6 Å². The highest BCUT2D eigenvalue weighted by Gasteiger charge is 2.39. The summed E-state index contributed by atoms with van der Waals surface area (Å²) in [6.45, 7) is 1.74. The Balaban J connectivity index is 1.36. The monoisotopic (exact) mass is 543 g/mol. The van der Waals surface area contributed by atoms with Gasteiger partial charge in [0, 0.05) is 35.1 Å². The van der Waals surface area contributed by atoms with Crippen LogP contribution in [0.3, 0.4) is 0 Å². The van der Waals surface area contributed by atoms with Crippen LogP contribution in [0.5, 0.6) is 0 Å². The number of nitrogens with one attached hydrogen (secondary N) is 2. The van der Waals surface area contributed by atoms with Crippen LogP contribution in [0.2, 0.25) is 5.02 Å². The molecule has 0 bridgehead atoms. The van der Waals surface area contributed by atoms with Crippen LogP contribution in [0, 0.1) is 5.92 Å². The summed E-state index contributed by atoms with van der Waals surface area (Å²) in [6.07, 6.45) is 8.42. The maximum absolute atomic E-state index is 13.8. The van der Waals surface area contributed by atoms with E-state index in [1.165, 1.54) is 18.2 Å². The van der Waals surface area contributed by atoms with Crippen LogP contribution in [-0.4, -0.2) is 48.1 Å². The van der Waals surface area contributed by atoms with E-state index in [-0.39, 0.29) is 33.2 Å². The molecule has 2 aromatic carbocycles. The summed E-state index contributed by atoms with van der Waals surface area (Å²) < 4.78 is 31.4. The zero-order chi connectivity index (χ0) is 25.9. The average Bonchev–Trinajstić information content (AvgIpc) is 3.08. The number of alkyl halides is 2. The molecular weight excluding hydrogens is 520 g/mol. The summed E-state index contributed by atoms with van der Waals surface area (Å²) in [7, 11) is 0. The molecule has 2 aromatic rings. The van der Waals surface area contributed by atoms with Gasteiger partial charge in [0.05, 0.1) is 41.5 Å². The van der Waals surface area contributed by atoms with E-state index in [9.17, 15) is 18.4 Å². The second-order valence-electron chi connectivity index (χ2n) is 8.77. The van der Waals surface area contributed by atoms with Crippen LogP contribution in [0.4, 0.5) is 14.5 Å². The van der Waals surface area contributed by atoms with Crippen LogP contribution < -0.4 is 10.6 Å². The highest BCUT2D eigenvalue weighted by Crippen LogP contribution is 2.36. The van der Waals surface area contributed by atoms with Crippen LogP contribution >= 0.6 is 23.4 Å². The molecule has 192 valence electrons. The fourth-order valence-electron chi connectivity index (χ4n) is 4.88. The number of anilines is 1. The second-order valence-corrected chi connectivity index (χ2v) is 10.2. The lowest BCUT2D eigenvalue weighted by Crippen LogP contribution is -2.48. The Hall–Kier alpha value is -3.14. The summed E-state index contributed by atoms with van der Waals surface area (Å²) in [5, 5.41) is 6.10. The van der Waals surface area contributed by atoms with E-state index >= 15 is 0 Å². The minimum Gasteiger partial charge on any atom is -0.373 e. The number of ketones is 1. The third-order valence-electron chi connectivity index (χ3n) is 6.53. The Kier molecular flexibility index (Phi) is 7.64. The lowest BCUT2D eigenvalue weighted by molar-refractivity contribution is 0.0455. The zero-order valence-corrected chi connectivity index (χ0v) is 21.2. The van der Waals surface area contributed by atoms with Gasteiger partial charge in [-0.25, -0.2) is 0 Å². The number of amides is 1. The molecule has 1 aliphatic carbocycles. The van der Waals surface area contributed by atoms with Gasteiger partial charge < -0.3 is 20.3 Å². The van der Waals surface area contributed by atoms with Crippen LogP contribution in [0.25, 0.3) is 0 Å². The maximum Gasteiger partial charge on any atom is 0.288 e. The number of hydrogen-bond donors (Lipinski definition) is 2. The van der Waals surface area contributed by atoms with E-state index < -0.39 is 11.7 Å². The van der Waals surface area contributed by atoms with Gasteiger partial charge in [-0.05, 0) is 42.3 Å². The molecule has 0 spiro atoms. The Bertz CT molecular complexity index is 1310. The quantitative estimate of drug-likeness (QED) is 0.360. The fraction of sp³-hybridized carbons (Fsp3) is 0.259. The molecule has 2 aliphatic heterocycles. The molecule has 1 amide bonds. The van der Waals surface area contributed by atoms with E-state index in [0.717, 1.165) is 11.3 Å². The molecule has 2 atom stereocenters. The molecule has 2 unspecified atom stereocenters. The number of rotatable bonds is 6.